The summed E-state index contributed by atoms with van der Waals surface area (Å²) in [7, 11) is 0. The molecule has 2 aliphatic heterocycles. The van der Waals surface area contributed by atoms with Gasteiger partial charge in [-0.15, -0.1) is 0 Å². The number of amides is 2. The van der Waals surface area contributed by atoms with E-state index >= 15 is 0 Å². The van der Waals surface area contributed by atoms with Crippen LogP contribution in [0, 0.1) is 0 Å². The molecule has 2 aromatic rings. The van der Waals surface area contributed by atoms with Crippen LogP contribution in [0.1, 0.15) is 34.3 Å². The molecule has 0 radical (unpaired) electrons. The molecular formula is C23H27N3O2. The Morgan fingerprint density at radius 2 is 1.57 bits per heavy atom. The smallest absolute Gasteiger partial charge is 0.251 e. The van der Waals surface area contributed by atoms with E-state index in [1.165, 1.54) is 11.1 Å². The van der Waals surface area contributed by atoms with E-state index in [-0.39, 0.29) is 18.4 Å². The van der Waals surface area contributed by atoms with Crippen LogP contribution in [0.15, 0.2) is 54.6 Å². The van der Waals surface area contributed by atoms with E-state index < -0.39 is 0 Å². The third-order valence-corrected chi connectivity index (χ3v) is 5.93. The normalized spacial score (nSPS) is 17.8. The fraction of sp³-hybridized carbons (Fsp3) is 0.391. The predicted octanol–water partition coefficient (Wildman–Crippen LogP) is 2.47. The van der Waals surface area contributed by atoms with Gasteiger partial charge in [0.25, 0.3) is 5.91 Å². The number of nitrogens with zero attached hydrogens (tertiary/aromatic N) is 2. The van der Waals surface area contributed by atoms with Gasteiger partial charge in [0, 0.05) is 37.8 Å². The zero-order valence-corrected chi connectivity index (χ0v) is 16.1. The summed E-state index contributed by atoms with van der Waals surface area (Å²) in [4.78, 5) is 29.0. The number of fused-ring (bicyclic) bond motifs is 1. The molecule has 2 amide bonds. The first-order chi connectivity index (χ1) is 13.7. The molecule has 1 fully saturated rings. The first-order valence-corrected chi connectivity index (χ1v) is 10.1. The second kappa shape index (κ2) is 8.57. The van der Waals surface area contributed by atoms with Gasteiger partial charge in [-0.3, -0.25) is 14.5 Å². The molecule has 1 saturated heterocycles. The first kappa shape index (κ1) is 18.7. The van der Waals surface area contributed by atoms with E-state index in [1.807, 2.05) is 23.1 Å². The van der Waals surface area contributed by atoms with Crippen molar-refractivity contribution >= 4 is 11.8 Å². The molecule has 2 aliphatic rings. The Kier molecular flexibility index (Phi) is 5.72. The lowest BCUT2D eigenvalue weighted by Crippen LogP contribution is -2.50. The Morgan fingerprint density at radius 1 is 0.893 bits per heavy atom. The van der Waals surface area contributed by atoms with Gasteiger partial charge < -0.3 is 10.2 Å². The largest absolute Gasteiger partial charge is 0.343 e. The van der Waals surface area contributed by atoms with Crippen molar-refractivity contribution in [3.8, 4) is 0 Å². The van der Waals surface area contributed by atoms with Gasteiger partial charge in [0.1, 0.15) is 0 Å². The molecule has 0 aliphatic carbocycles. The molecule has 2 heterocycles. The van der Waals surface area contributed by atoms with E-state index in [4.69, 9.17) is 0 Å². The summed E-state index contributed by atoms with van der Waals surface area (Å²) >= 11 is 0. The van der Waals surface area contributed by atoms with E-state index in [0.717, 1.165) is 45.4 Å². The molecule has 0 bridgehead atoms. The predicted molar refractivity (Wildman–Crippen MR) is 109 cm³/mol. The lowest BCUT2D eigenvalue weighted by molar-refractivity contribution is -0.131. The summed E-state index contributed by atoms with van der Waals surface area (Å²) in [5.41, 5.74) is 3.50. The van der Waals surface area contributed by atoms with E-state index in [9.17, 15) is 9.59 Å². The molecule has 4 rings (SSSR count). The van der Waals surface area contributed by atoms with Crippen LogP contribution in [0.4, 0.5) is 0 Å². The second-order valence-corrected chi connectivity index (χ2v) is 7.65. The Labute approximate surface area is 166 Å². The SMILES string of the molecule is O=C(NCC(=O)N1CCC(N2CCc3ccccc3C2)CC1)c1ccccc1. The lowest BCUT2D eigenvalue weighted by atomic mass is 9.95. The number of carbonyl (C=O) groups excluding carboxylic acids is 2. The van der Waals surface area contributed by atoms with Crippen LogP contribution in [-0.4, -0.2) is 53.8 Å². The van der Waals surface area contributed by atoms with Crippen LogP contribution in [0.25, 0.3) is 0 Å². The second-order valence-electron chi connectivity index (χ2n) is 7.65. The van der Waals surface area contributed by atoms with Gasteiger partial charge in [-0.25, -0.2) is 0 Å². The van der Waals surface area contributed by atoms with Crippen molar-refractivity contribution in [2.24, 2.45) is 0 Å². The number of benzene rings is 2. The van der Waals surface area contributed by atoms with Crippen molar-refractivity contribution in [3.63, 3.8) is 0 Å². The number of nitrogens with one attached hydrogen (secondary N) is 1. The van der Waals surface area contributed by atoms with Gasteiger partial charge in [0.05, 0.1) is 6.54 Å². The van der Waals surface area contributed by atoms with Crippen LogP contribution in [0.5, 0.6) is 0 Å². The van der Waals surface area contributed by atoms with Crippen molar-refractivity contribution < 1.29 is 9.59 Å². The van der Waals surface area contributed by atoms with E-state index in [1.54, 1.807) is 12.1 Å². The maximum atomic E-state index is 12.5. The highest BCUT2D eigenvalue weighted by Gasteiger charge is 2.28. The fourth-order valence-electron chi connectivity index (χ4n) is 4.27. The standard InChI is InChI=1S/C23H27N3O2/c27-22(16-24-23(28)19-7-2-1-3-8-19)25-14-11-21(12-15-25)26-13-10-18-6-4-5-9-20(18)17-26/h1-9,21H,10-17H2,(H,24,28). The molecule has 5 nitrogen and oxygen atoms in total. The molecule has 2 aromatic carbocycles. The Bertz CT molecular complexity index is 829. The Morgan fingerprint density at radius 3 is 2.32 bits per heavy atom. The molecule has 0 unspecified atom stereocenters. The van der Waals surface area contributed by atoms with Crippen molar-refractivity contribution in [1.82, 2.24) is 15.1 Å². The maximum Gasteiger partial charge on any atom is 0.251 e. The maximum absolute atomic E-state index is 12.5. The van der Waals surface area contributed by atoms with Gasteiger partial charge >= 0.3 is 0 Å². The van der Waals surface area contributed by atoms with Crippen molar-refractivity contribution in [2.75, 3.05) is 26.2 Å². The zero-order chi connectivity index (χ0) is 19.3. The molecule has 0 saturated carbocycles. The zero-order valence-electron chi connectivity index (χ0n) is 16.1. The van der Waals surface area contributed by atoms with Gasteiger partial charge in [-0.1, -0.05) is 42.5 Å². The molecule has 146 valence electrons. The monoisotopic (exact) mass is 377 g/mol. The van der Waals surface area contributed by atoms with Crippen LogP contribution in [-0.2, 0) is 17.8 Å². The van der Waals surface area contributed by atoms with Crippen LogP contribution in [0.3, 0.4) is 0 Å². The number of carbonyl (C=O) groups is 2. The first-order valence-electron chi connectivity index (χ1n) is 10.1. The molecule has 0 aromatic heterocycles. The lowest BCUT2D eigenvalue weighted by Gasteiger charge is -2.40. The molecular weight excluding hydrogens is 350 g/mol. The summed E-state index contributed by atoms with van der Waals surface area (Å²) < 4.78 is 0. The van der Waals surface area contributed by atoms with E-state index in [2.05, 4.69) is 34.5 Å². The number of hydrogen-bond acceptors (Lipinski definition) is 3. The average Bonchev–Trinajstić information content (AvgIpc) is 2.77. The number of likely N-dealkylation sites (tertiary alicyclic amines) is 1. The van der Waals surface area contributed by atoms with Gasteiger partial charge in [0.2, 0.25) is 5.91 Å². The summed E-state index contributed by atoms with van der Waals surface area (Å²) in [6, 6.07) is 18.3. The van der Waals surface area contributed by atoms with Crippen molar-refractivity contribution in [3.05, 3.63) is 71.3 Å². The minimum atomic E-state index is -0.198. The molecule has 5 heteroatoms. The Balaban J connectivity index is 1.24. The third kappa shape index (κ3) is 4.25. The highest BCUT2D eigenvalue weighted by molar-refractivity contribution is 5.96. The highest BCUT2D eigenvalue weighted by Crippen LogP contribution is 2.24. The summed E-state index contributed by atoms with van der Waals surface area (Å²) in [5.74, 6) is -0.192. The number of piperidine rings is 1. The van der Waals surface area contributed by atoms with Crippen molar-refractivity contribution in [2.45, 2.75) is 31.8 Å². The molecule has 1 N–H and O–H groups in total. The fourth-order valence-corrected chi connectivity index (χ4v) is 4.27. The van der Waals surface area contributed by atoms with Crippen LogP contribution < -0.4 is 5.32 Å². The van der Waals surface area contributed by atoms with Gasteiger partial charge in [-0.05, 0) is 42.5 Å². The topological polar surface area (TPSA) is 52.7 Å². The minimum absolute atomic E-state index is 0.00622. The molecule has 0 atom stereocenters. The van der Waals surface area contributed by atoms with Gasteiger partial charge in [-0.2, -0.15) is 0 Å². The number of hydrogen-bond donors (Lipinski definition) is 1. The quantitative estimate of drug-likeness (QED) is 0.891. The van der Waals surface area contributed by atoms with Crippen molar-refractivity contribution in [1.29, 1.82) is 0 Å². The summed E-state index contributed by atoms with van der Waals surface area (Å²) in [6.45, 7) is 3.71. The van der Waals surface area contributed by atoms with E-state index in [0.29, 0.717) is 11.6 Å². The van der Waals surface area contributed by atoms with Crippen LogP contribution >= 0.6 is 0 Å². The Hall–Kier alpha value is -2.66. The number of rotatable bonds is 4. The highest BCUT2D eigenvalue weighted by atomic mass is 16.2. The third-order valence-electron chi connectivity index (χ3n) is 5.93. The molecule has 28 heavy (non-hydrogen) atoms. The van der Waals surface area contributed by atoms with Gasteiger partial charge in [0.15, 0.2) is 0 Å². The summed E-state index contributed by atoms with van der Waals surface area (Å²) in [6.07, 6.45) is 3.11. The molecule has 0 spiro atoms. The average molecular weight is 377 g/mol. The summed E-state index contributed by atoms with van der Waals surface area (Å²) in [5, 5.41) is 2.74. The minimum Gasteiger partial charge on any atom is -0.343 e. The van der Waals surface area contributed by atoms with Crippen LogP contribution in [0.2, 0.25) is 0 Å².